The van der Waals surface area contributed by atoms with Crippen LogP contribution >= 0.6 is 0 Å². The molecule has 2 N–H and O–H groups in total. The van der Waals surface area contributed by atoms with Crippen molar-refractivity contribution in [3.8, 4) is 0 Å². The first-order chi connectivity index (χ1) is 12.1. The lowest BCUT2D eigenvalue weighted by atomic mass is 9.47. The van der Waals surface area contributed by atoms with Crippen molar-refractivity contribution < 1.29 is 9.90 Å². The summed E-state index contributed by atoms with van der Waals surface area (Å²) >= 11 is 0. The van der Waals surface area contributed by atoms with E-state index in [9.17, 15) is 9.90 Å². The van der Waals surface area contributed by atoms with E-state index in [-0.39, 0.29) is 11.5 Å². The Hall–Kier alpha value is -0.570. The number of carboxylic acid groups (broad SMARTS) is 1. The molecule has 1 unspecified atom stereocenters. The number of hydrogen-bond donors (Lipinski definition) is 2. The molecule has 0 radical (unpaired) electrons. The zero-order chi connectivity index (χ0) is 16.8. The molecule has 8 saturated carbocycles. The Balaban J connectivity index is 1.27. The van der Waals surface area contributed by atoms with Gasteiger partial charge >= 0.3 is 5.97 Å². The minimum Gasteiger partial charge on any atom is -0.480 e. The van der Waals surface area contributed by atoms with Crippen LogP contribution in [0.1, 0.15) is 70.6 Å². The van der Waals surface area contributed by atoms with Gasteiger partial charge in [0.15, 0.2) is 0 Å². The molecule has 0 aromatic rings. The van der Waals surface area contributed by atoms with Gasteiger partial charge in [-0.2, -0.15) is 0 Å². The highest BCUT2D eigenvalue weighted by atomic mass is 16.4. The molecule has 0 saturated heterocycles. The molecule has 25 heavy (non-hydrogen) atoms. The van der Waals surface area contributed by atoms with Crippen molar-refractivity contribution in [2.75, 3.05) is 0 Å². The number of hydrogen-bond acceptors (Lipinski definition) is 2. The Morgan fingerprint density at radius 3 is 1.64 bits per heavy atom. The monoisotopic (exact) mass is 343 g/mol. The van der Waals surface area contributed by atoms with Crippen LogP contribution in [0, 0.1) is 46.8 Å². The average Bonchev–Trinajstić information content (AvgIpc) is 2.51. The van der Waals surface area contributed by atoms with Crippen molar-refractivity contribution in [2.24, 2.45) is 46.8 Å². The number of aliphatic carboxylic acids is 1. The minimum absolute atomic E-state index is 0.0786. The van der Waals surface area contributed by atoms with E-state index in [2.05, 4.69) is 5.32 Å². The zero-order valence-corrected chi connectivity index (χ0v) is 15.3. The molecule has 0 amide bonds. The summed E-state index contributed by atoms with van der Waals surface area (Å²) in [6, 6.07) is 0.227. The molecule has 8 fully saturated rings. The second-order valence-corrected chi connectivity index (χ2v) is 11.2. The third-order valence-corrected chi connectivity index (χ3v) is 9.53. The molecule has 8 aliphatic rings. The zero-order valence-electron chi connectivity index (χ0n) is 15.3. The standard InChI is InChI=1S/C22H33NO2/c24-21(25)20(22-9-14-2-15(10-22)4-16(3-14)11-22)23-19-17-5-12-1-13(7-17)8-18(19)6-12/h12-20,23H,1-11H2,(H,24,25). The van der Waals surface area contributed by atoms with Crippen LogP contribution in [0.4, 0.5) is 0 Å². The van der Waals surface area contributed by atoms with Gasteiger partial charge in [-0.3, -0.25) is 4.79 Å². The van der Waals surface area contributed by atoms with E-state index in [4.69, 9.17) is 0 Å². The topological polar surface area (TPSA) is 49.3 Å². The van der Waals surface area contributed by atoms with Gasteiger partial charge in [0, 0.05) is 6.04 Å². The molecule has 8 rings (SSSR count). The van der Waals surface area contributed by atoms with E-state index in [0.717, 1.165) is 41.4 Å². The van der Waals surface area contributed by atoms with Crippen LogP contribution < -0.4 is 5.32 Å². The van der Waals surface area contributed by atoms with Gasteiger partial charge in [0.05, 0.1) is 0 Å². The molecule has 1 atom stereocenters. The lowest BCUT2D eigenvalue weighted by Crippen LogP contribution is -2.64. The fraction of sp³-hybridized carbons (Fsp3) is 0.955. The Bertz CT molecular complexity index is 521. The smallest absolute Gasteiger partial charge is 0.321 e. The first-order valence-electron chi connectivity index (χ1n) is 11.1. The lowest BCUT2D eigenvalue weighted by Gasteiger charge is -2.60. The highest BCUT2D eigenvalue weighted by Gasteiger charge is 2.58. The van der Waals surface area contributed by atoms with Gasteiger partial charge in [-0.05, 0) is 117 Å². The third-order valence-electron chi connectivity index (χ3n) is 9.53. The van der Waals surface area contributed by atoms with Gasteiger partial charge in [0.25, 0.3) is 0 Å². The van der Waals surface area contributed by atoms with Crippen molar-refractivity contribution in [3.63, 3.8) is 0 Å². The summed E-state index contributed by atoms with van der Waals surface area (Å²) in [5.74, 6) is 5.40. The summed E-state index contributed by atoms with van der Waals surface area (Å²) < 4.78 is 0. The Morgan fingerprint density at radius 2 is 1.20 bits per heavy atom. The second kappa shape index (κ2) is 5.24. The predicted octanol–water partition coefficient (Wildman–Crippen LogP) is 4.07. The van der Waals surface area contributed by atoms with E-state index in [0.29, 0.717) is 6.04 Å². The van der Waals surface area contributed by atoms with Crippen LogP contribution in [0.15, 0.2) is 0 Å². The molecular weight excluding hydrogens is 310 g/mol. The highest BCUT2D eigenvalue weighted by molar-refractivity contribution is 5.75. The molecule has 0 aromatic heterocycles. The molecule has 3 nitrogen and oxygen atoms in total. The summed E-state index contributed by atoms with van der Waals surface area (Å²) in [5.41, 5.74) is 0.0786. The fourth-order valence-corrected chi connectivity index (χ4v) is 9.43. The van der Waals surface area contributed by atoms with Crippen molar-refractivity contribution in [3.05, 3.63) is 0 Å². The molecular formula is C22H33NO2. The summed E-state index contributed by atoms with van der Waals surface area (Å²) in [4.78, 5) is 12.4. The van der Waals surface area contributed by atoms with Crippen LogP contribution in [-0.4, -0.2) is 23.2 Å². The van der Waals surface area contributed by atoms with Crippen molar-refractivity contribution >= 4 is 5.97 Å². The molecule has 138 valence electrons. The molecule has 8 aliphatic carbocycles. The van der Waals surface area contributed by atoms with Crippen LogP contribution in [-0.2, 0) is 4.79 Å². The molecule has 8 bridgehead atoms. The maximum absolute atomic E-state index is 12.4. The Labute approximate surface area is 151 Å². The van der Waals surface area contributed by atoms with Crippen molar-refractivity contribution in [2.45, 2.75) is 82.7 Å². The van der Waals surface area contributed by atoms with Gasteiger partial charge in [0.1, 0.15) is 6.04 Å². The quantitative estimate of drug-likeness (QED) is 0.809. The van der Waals surface area contributed by atoms with Crippen LogP contribution in [0.2, 0.25) is 0 Å². The third kappa shape index (κ3) is 2.30. The van der Waals surface area contributed by atoms with Gasteiger partial charge in [-0.1, -0.05) is 0 Å². The van der Waals surface area contributed by atoms with E-state index in [1.807, 2.05) is 0 Å². The van der Waals surface area contributed by atoms with Gasteiger partial charge in [-0.25, -0.2) is 0 Å². The first-order valence-corrected chi connectivity index (χ1v) is 11.1. The van der Waals surface area contributed by atoms with E-state index < -0.39 is 5.97 Å². The minimum atomic E-state index is -0.546. The summed E-state index contributed by atoms with van der Waals surface area (Å²) in [6.07, 6.45) is 14.7. The number of carboxylic acids is 1. The number of rotatable bonds is 4. The SMILES string of the molecule is O=C(O)C(NC1C2CC3CC(C2)CC1C3)C12CC3CC(CC(C3)C1)C2. The number of nitrogens with one attached hydrogen (secondary N) is 1. The Kier molecular flexibility index (Phi) is 3.25. The summed E-state index contributed by atoms with van der Waals surface area (Å²) in [6.45, 7) is 0. The van der Waals surface area contributed by atoms with E-state index >= 15 is 0 Å². The Morgan fingerprint density at radius 1 is 0.760 bits per heavy atom. The van der Waals surface area contributed by atoms with Crippen molar-refractivity contribution in [1.82, 2.24) is 5.32 Å². The molecule has 0 aliphatic heterocycles. The van der Waals surface area contributed by atoms with E-state index in [1.165, 1.54) is 70.6 Å². The molecule has 0 spiro atoms. The van der Waals surface area contributed by atoms with Gasteiger partial charge in [-0.15, -0.1) is 0 Å². The average molecular weight is 344 g/mol. The van der Waals surface area contributed by atoms with Gasteiger partial charge < -0.3 is 10.4 Å². The van der Waals surface area contributed by atoms with Crippen LogP contribution in [0.3, 0.4) is 0 Å². The fourth-order valence-electron chi connectivity index (χ4n) is 9.43. The summed E-state index contributed by atoms with van der Waals surface area (Å²) in [7, 11) is 0. The molecule has 0 aromatic carbocycles. The first kappa shape index (κ1) is 15.5. The lowest BCUT2D eigenvalue weighted by molar-refractivity contribution is -0.154. The summed E-state index contributed by atoms with van der Waals surface area (Å²) in [5, 5.41) is 14.1. The van der Waals surface area contributed by atoms with Gasteiger partial charge in [0.2, 0.25) is 0 Å². The molecule has 0 heterocycles. The predicted molar refractivity (Wildman–Crippen MR) is 96.0 cm³/mol. The van der Waals surface area contributed by atoms with Crippen LogP contribution in [0.5, 0.6) is 0 Å². The van der Waals surface area contributed by atoms with E-state index in [1.54, 1.807) is 0 Å². The van der Waals surface area contributed by atoms with Crippen molar-refractivity contribution in [1.29, 1.82) is 0 Å². The second-order valence-electron chi connectivity index (χ2n) is 11.2. The molecule has 3 heteroatoms. The van der Waals surface area contributed by atoms with Crippen LogP contribution in [0.25, 0.3) is 0 Å². The number of carbonyl (C=O) groups is 1. The highest BCUT2D eigenvalue weighted by Crippen LogP contribution is 2.62. The largest absolute Gasteiger partial charge is 0.480 e. The normalized spacial score (nSPS) is 56.3. The maximum Gasteiger partial charge on any atom is 0.321 e. The maximum atomic E-state index is 12.4.